The van der Waals surface area contributed by atoms with E-state index in [2.05, 4.69) is 9.88 Å². The number of morpholine rings is 1. The average molecular weight is 292 g/mol. The average Bonchev–Trinajstić information content (AvgIpc) is 2.96. The molecule has 5 nitrogen and oxygen atoms in total. The van der Waals surface area contributed by atoms with Gasteiger partial charge in [0.2, 0.25) is 5.89 Å². The van der Waals surface area contributed by atoms with Crippen molar-refractivity contribution in [2.45, 2.75) is 12.6 Å². The first-order valence-electron chi connectivity index (χ1n) is 6.90. The lowest BCUT2D eigenvalue weighted by atomic mass is 10.2. The van der Waals surface area contributed by atoms with Gasteiger partial charge in [-0.25, -0.2) is 9.37 Å². The van der Waals surface area contributed by atoms with Gasteiger partial charge in [0.05, 0.1) is 32.1 Å². The SMILES string of the molecule is OCC1CN(Cc2ncc(-c3ccc(F)cc3)o2)CCO1. The molecule has 1 aliphatic rings. The Bertz CT molecular complexity index is 585. The van der Waals surface area contributed by atoms with Gasteiger partial charge in [-0.05, 0) is 24.3 Å². The standard InChI is InChI=1S/C15H17FN2O3/c16-12-3-1-11(2-4-12)14-7-17-15(21-14)9-18-5-6-20-13(8-18)10-19/h1-4,7,13,19H,5-6,8-10H2. The summed E-state index contributed by atoms with van der Waals surface area (Å²) in [5.41, 5.74) is 0.797. The topological polar surface area (TPSA) is 58.7 Å². The van der Waals surface area contributed by atoms with Crippen molar-refractivity contribution in [2.24, 2.45) is 0 Å². The number of aromatic nitrogens is 1. The van der Waals surface area contributed by atoms with Gasteiger partial charge in [0.15, 0.2) is 5.76 Å². The van der Waals surface area contributed by atoms with E-state index in [0.29, 0.717) is 31.3 Å². The molecule has 0 aliphatic carbocycles. The van der Waals surface area contributed by atoms with Gasteiger partial charge >= 0.3 is 0 Å². The molecule has 6 heteroatoms. The van der Waals surface area contributed by atoms with Crippen LogP contribution in [0.4, 0.5) is 4.39 Å². The van der Waals surface area contributed by atoms with E-state index in [1.54, 1.807) is 18.3 Å². The zero-order chi connectivity index (χ0) is 14.7. The summed E-state index contributed by atoms with van der Waals surface area (Å²) in [5, 5.41) is 9.13. The lowest BCUT2D eigenvalue weighted by Crippen LogP contribution is -2.43. The van der Waals surface area contributed by atoms with Crippen LogP contribution in [0.2, 0.25) is 0 Å². The largest absolute Gasteiger partial charge is 0.439 e. The van der Waals surface area contributed by atoms with E-state index >= 15 is 0 Å². The van der Waals surface area contributed by atoms with Crippen LogP contribution in [0.1, 0.15) is 5.89 Å². The molecule has 0 bridgehead atoms. The second kappa shape index (κ2) is 6.34. The maximum atomic E-state index is 12.9. The fourth-order valence-corrected chi connectivity index (χ4v) is 2.36. The van der Waals surface area contributed by atoms with Crippen molar-refractivity contribution in [3.8, 4) is 11.3 Å². The van der Waals surface area contributed by atoms with E-state index in [9.17, 15) is 4.39 Å². The van der Waals surface area contributed by atoms with E-state index in [0.717, 1.165) is 12.1 Å². The molecule has 21 heavy (non-hydrogen) atoms. The Morgan fingerprint density at radius 2 is 2.14 bits per heavy atom. The van der Waals surface area contributed by atoms with Crippen molar-refractivity contribution < 1.29 is 18.7 Å². The van der Waals surface area contributed by atoms with E-state index in [1.807, 2.05) is 0 Å². The number of rotatable bonds is 4. The lowest BCUT2D eigenvalue weighted by molar-refractivity contribution is -0.0567. The Morgan fingerprint density at radius 3 is 2.90 bits per heavy atom. The summed E-state index contributed by atoms with van der Waals surface area (Å²) in [6, 6.07) is 6.11. The Balaban J connectivity index is 1.66. The number of hydrogen-bond donors (Lipinski definition) is 1. The third kappa shape index (κ3) is 3.47. The molecular weight excluding hydrogens is 275 g/mol. The van der Waals surface area contributed by atoms with Gasteiger partial charge < -0.3 is 14.3 Å². The molecule has 1 atom stereocenters. The van der Waals surface area contributed by atoms with Crippen LogP contribution in [0.3, 0.4) is 0 Å². The molecule has 112 valence electrons. The summed E-state index contributed by atoms with van der Waals surface area (Å²) in [5.74, 6) is 0.951. The number of benzene rings is 1. The number of aliphatic hydroxyl groups excluding tert-OH is 1. The number of nitrogens with zero attached hydrogens (tertiary/aromatic N) is 2. The number of aliphatic hydroxyl groups is 1. The monoisotopic (exact) mass is 292 g/mol. The van der Waals surface area contributed by atoms with Crippen molar-refractivity contribution in [2.75, 3.05) is 26.3 Å². The predicted octanol–water partition coefficient (Wildman–Crippen LogP) is 1.67. The van der Waals surface area contributed by atoms with Crippen molar-refractivity contribution in [1.29, 1.82) is 0 Å². The summed E-state index contributed by atoms with van der Waals surface area (Å²) in [6.45, 7) is 2.62. The molecule has 1 aliphatic heterocycles. The number of halogens is 1. The van der Waals surface area contributed by atoms with Crippen LogP contribution in [0, 0.1) is 5.82 Å². The first kappa shape index (κ1) is 14.2. The van der Waals surface area contributed by atoms with Crippen LogP contribution in [-0.2, 0) is 11.3 Å². The van der Waals surface area contributed by atoms with Crippen molar-refractivity contribution in [1.82, 2.24) is 9.88 Å². The quantitative estimate of drug-likeness (QED) is 0.929. The summed E-state index contributed by atoms with van der Waals surface area (Å²) < 4.78 is 24.0. The molecule has 2 aromatic rings. The zero-order valence-corrected chi connectivity index (χ0v) is 11.5. The Labute approximate surface area is 122 Å². The Hall–Kier alpha value is -1.76. The van der Waals surface area contributed by atoms with Crippen LogP contribution < -0.4 is 0 Å². The molecule has 2 heterocycles. The summed E-state index contributed by atoms with van der Waals surface area (Å²) in [6.07, 6.45) is 1.50. The fourth-order valence-electron chi connectivity index (χ4n) is 2.36. The van der Waals surface area contributed by atoms with E-state index < -0.39 is 0 Å². The maximum Gasteiger partial charge on any atom is 0.209 e. The molecule has 1 fully saturated rings. The molecule has 0 amide bonds. The minimum absolute atomic E-state index is 0.0168. The highest BCUT2D eigenvalue weighted by Crippen LogP contribution is 2.21. The van der Waals surface area contributed by atoms with Gasteiger partial charge in [0, 0.05) is 18.7 Å². The smallest absolute Gasteiger partial charge is 0.209 e. The van der Waals surface area contributed by atoms with Crippen LogP contribution in [0.15, 0.2) is 34.9 Å². The number of hydrogen-bond acceptors (Lipinski definition) is 5. The molecule has 3 rings (SSSR count). The molecule has 1 aromatic carbocycles. The molecule has 0 radical (unpaired) electrons. The normalized spacial score (nSPS) is 19.8. The zero-order valence-electron chi connectivity index (χ0n) is 11.5. The first-order valence-corrected chi connectivity index (χ1v) is 6.90. The van der Waals surface area contributed by atoms with E-state index in [1.165, 1.54) is 12.1 Å². The summed E-state index contributed by atoms with van der Waals surface area (Å²) >= 11 is 0. The molecule has 0 spiro atoms. The van der Waals surface area contributed by atoms with Crippen LogP contribution in [0.25, 0.3) is 11.3 Å². The van der Waals surface area contributed by atoms with Gasteiger partial charge in [0.1, 0.15) is 5.82 Å². The second-order valence-corrected chi connectivity index (χ2v) is 5.04. The molecule has 1 saturated heterocycles. The number of ether oxygens (including phenoxy) is 1. The lowest BCUT2D eigenvalue weighted by Gasteiger charge is -2.30. The second-order valence-electron chi connectivity index (χ2n) is 5.04. The van der Waals surface area contributed by atoms with Gasteiger partial charge in [-0.1, -0.05) is 0 Å². The number of oxazole rings is 1. The first-order chi connectivity index (χ1) is 10.2. The van der Waals surface area contributed by atoms with Crippen molar-refractivity contribution in [3.63, 3.8) is 0 Å². The van der Waals surface area contributed by atoms with Gasteiger partial charge in [0.25, 0.3) is 0 Å². The molecule has 1 N–H and O–H groups in total. The highest BCUT2D eigenvalue weighted by atomic mass is 19.1. The van der Waals surface area contributed by atoms with Gasteiger partial charge in [-0.15, -0.1) is 0 Å². The minimum atomic E-state index is -0.276. The van der Waals surface area contributed by atoms with E-state index in [4.69, 9.17) is 14.3 Å². The van der Waals surface area contributed by atoms with Crippen molar-refractivity contribution >= 4 is 0 Å². The van der Waals surface area contributed by atoms with Crippen LogP contribution in [0.5, 0.6) is 0 Å². The third-order valence-electron chi connectivity index (χ3n) is 3.47. The molecule has 1 aromatic heterocycles. The Kier molecular flexibility index (Phi) is 4.28. The fraction of sp³-hybridized carbons (Fsp3) is 0.400. The van der Waals surface area contributed by atoms with Crippen LogP contribution in [-0.4, -0.2) is 47.4 Å². The summed E-state index contributed by atoms with van der Waals surface area (Å²) in [4.78, 5) is 6.38. The third-order valence-corrected chi connectivity index (χ3v) is 3.47. The van der Waals surface area contributed by atoms with E-state index in [-0.39, 0.29) is 18.5 Å². The highest BCUT2D eigenvalue weighted by Gasteiger charge is 2.21. The minimum Gasteiger partial charge on any atom is -0.439 e. The van der Waals surface area contributed by atoms with Gasteiger partial charge in [-0.3, -0.25) is 4.90 Å². The van der Waals surface area contributed by atoms with Crippen LogP contribution >= 0.6 is 0 Å². The molecule has 0 saturated carbocycles. The Morgan fingerprint density at radius 1 is 1.33 bits per heavy atom. The maximum absolute atomic E-state index is 12.9. The molecular formula is C15H17FN2O3. The predicted molar refractivity (Wildman–Crippen MR) is 74.0 cm³/mol. The summed E-state index contributed by atoms with van der Waals surface area (Å²) in [7, 11) is 0. The van der Waals surface area contributed by atoms with Gasteiger partial charge in [-0.2, -0.15) is 0 Å². The molecule has 1 unspecified atom stereocenters. The highest BCUT2D eigenvalue weighted by molar-refractivity contribution is 5.55. The van der Waals surface area contributed by atoms with Crippen molar-refractivity contribution in [3.05, 3.63) is 42.2 Å².